The number of carbonyl (C=O) groups excluding carboxylic acids is 3. The van der Waals surface area contributed by atoms with Gasteiger partial charge in [0.1, 0.15) is 17.5 Å². The molecule has 7 atom stereocenters. The first-order valence-corrected chi connectivity index (χ1v) is 14.5. The topological polar surface area (TPSA) is 78.9 Å². The molecule has 0 bridgehead atoms. The molecule has 0 spiro atoms. The zero-order chi connectivity index (χ0) is 28.8. The molecule has 0 unspecified atom stereocenters. The highest BCUT2D eigenvalue weighted by Gasteiger charge is 2.60. The molecule has 0 N–H and O–H groups in total. The molecule has 0 aromatic rings. The Morgan fingerprint density at radius 2 is 1.77 bits per heavy atom. The van der Waals surface area contributed by atoms with Crippen molar-refractivity contribution in [3.05, 3.63) is 47.3 Å². The molecule has 214 valence electrons. The Morgan fingerprint density at radius 1 is 1.05 bits per heavy atom. The smallest absolute Gasteiger partial charge is 0.308 e. The zero-order valence-electron chi connectivity index (χ0n) is 25.0. The molecule has 0 aromatic carbocycles. The summed E-state index contributed by atoms with van der Waals surface area (Å²) >= 11 is 0. The molecule has 0 radical (unpaired) electrons. The third kappa shape index (κ3) is 5.81. The predicted octanol–water partition coefficient (Wildman–Crippen LogP) is 7.01. The van der Waals surface area contributed by atoms with Gasteiger partial charge in [0.15, 0.2) is 0 Å². The largest absolute Gasteiger partial charge is 0.462 e. The van der Waals surface area contributed by atoms with Crippen LogP contribution in [-0.4, -0.2) is 29.6 Å². The number of fused-ring (bicyclic) bond motifs is 5. The van der Waals surface area contributed by atoms with Gasteiger partial charge < -0.3 is 14.2 Å². The van der Waals surface area contributed by atoms with Crippen molar-refractivity contribution in [3.8, 4) is 0 Å². The summed E-state index contributed by atoms with van der Waals surface area (Å²) < 4.78 is 17.0. The maximum atomic E-state index is 12.4. The van der Waals surface area contributed by atoms with Crippen molar-refractivity contribution in [2.45, 2.75) is 106 Å². The van der Waals surface area contributed by atoms with E-state index in [0.717, 1.165) is 44.1 Å². The van der Waals surface area contributed by atoms with Crippen LogP contribution in [0.1, 0.15) is 93.9 Å². The molecule has 4 aliphatic rings. The molecule has 0 aliphatic heterocycles. The molecule has 0 aromatic heterocycles. The van der Waals surface area contributed by atoms with Crippen molar-refractivity contribution in [2.24, 2.45) is 34.5 Å². The maximum absolute atomic E-state index is 12.4. The van der Waals surface area contributed by atoms with E-state index in [0.29, 0.717) is 23.5 Å². The first kappa shape index (κ1) is 29.4. The number of hydrogen-bond donors (Lipinski definition) is 0. The summed E-state index contributed by atoms with van der Waals surface area (Å²) in [6.07, 6.45) is 16.2. The Labute approximate surface area is 233 Å². The molecule has 6 nitrogen and oxygen atoms in total. The van der Waals surface area contributed by atoms with E-state index < -0.39 is 5.60 Å². The second kappa shape index (κ2) is 10.7. The normalized spacial score (nSPS) is 33.9. The second-order valence-electron chi connectivity index (χ2n) is 13.3. The van der Waals surface area contributed by atoms with E-state index >= 15 is 0 Å². The lowest BCUT2D eigenvalue weighted by Gasteiger charge is -2.55. The molecule has 39 heavy (non-hydrogen) atoms. The Kier molecular flexibility index (Phi) is 8.08. The van der Waals surface area contributed by atoms with Crippen molar-refractivity contribution in [3.63, 3.8) is 0 Å². The van der Waals surface area contributed by atoms with Crippen molar-refractivity contribution >= 4 is 17.9 Å². The average molecular weight is 539 g/mol. The van der Waals surface area contributed by atoms with Gasteiger partial charge in [0.25, 0.3) is 0 Å². The minimum atomic E-state index is -0.449. The van der Waals surface area contributed by atoms with Gasteiger partial charge in [-0.2, -0.15) is 0 Å². The van der Waals surface area contributed by atoms with Crippen LogP contribution in [0.2, 0.25) is 0 Å². The summed E-state index contributed by atoms with van der Waals surface area (Å²) in [5.41, 5.74) is 1.71. The van der Waals surface area contributed by atoms with E-state index in [-0.39, 0.29) is 40.8 Å². The minimum Gasteiger partial charge on any atom is -0.462 e. The fraction of sp³-hybridized carbons (Fsp3) is 0.667. The second-order valence-corrected chi connectivity index (χ2v) is 13.3. The van der Waals surface area contributed by atoms with Gasteiger partial charge in [0.2, 0.25) is 0 Å². The first-order chi connectivity index (χ1) is 18.2. The Morgan fingerprint density at radius 3 is 2.41 bits per heavy atom. The molecule has 0 saturated heterocycles. The molecule has 4 aliphatic carbocycles. The molecule has 2 fully saturated rings. The minimum absolute atomic E-state index is 0.0338. The molecular formula is C33H46O6. The molecule has 0 amide bonds. The van der Waals surface area contributed by atoms with Crippen LogP contribution in [-0.2, 0) is 28.6 Å². The summed E-state index contributed by atoms with van der Waals surface area (Å²) in [6, 6.07) is 0. The van der Waals surface area contributed by atoms with Gasteiger partial charge in [-0.25, -0.2) is 0 Å². The Balaban J connectivity index is 1.59. The quantitative estimate of drug-likeness (QED) is 0.244. The Hall–Kier alpha value is -2.63. The molecule has 4 rings (SSSR count). The molecular weight excluding hydrogens is 492 g/mol. The lowest BCUT2D eigenvalue weighted by atomic mass is 9.50. The van der Waals surface area contributed by atoms with Gasteiger partial charge in [-0.05, 0) is 86.8 Å². The van der Waals surface area contributed by atoms with Gasteiger partial charge in [-0.1, -0.05) is 51.0 Å². The molecule has 2 saturated carbocycles. The zero-order valence-corrected chi connectivity index (χ0v) is 25.0. The standard InChI is InChI=1S/C33H46O6/c1-20(10-9-16-31(5,6)39-23(4)36)27-13-14-28-26-12-11-24-18-25(37-21(2)34)15-17-32(24,7)30(26)29(38-22(3)35)19-33(27,28)8/h11-12,15,17-18,20,27-30H,9-10,13-14,16,19H2,1-8H3/t20-,27-,28+,29-,30-,32+,33-/m1/s1. The van der Waals surface area contributed by atoms with Crippen LogP contribution < -0.4 is 0 Å². The summed E-state index contributed by atoms with van der Waals surface area (Å²) in [4.78, 5) is 35.4. The van der Waals surface area contributed by atoms with Crippen LogP contribution >= 0.6 is 0 Å². The summed E-state index contributed by atoms with van der Waals surface area (Å²) in [5.74, 6) is 1.24. The number of rotatable bonds is 8. The van der Waals surface area contributed by atoms with E-state index in [2.05, 4.69) is 39.0 Å². The van der Waals surface area contributed by atoms with Crippen LogP contribution in [0, 0.1) is 34.5 Å². The number of esters is 3. The van der Waals surface area contributed by atoms with Crippen LogP contribution in [0.15, 0.2) is 47.3 Å². The average Bonchev–Trinajstić information content (AvgIpc) is 3.14. The van der Waals surface area contributed by atoms with E-state index in [1.165, 1.54) is 26.3 Å². The van der Waals surface area contributed by atoms with Crippen molar-refractivity contribution in [1.82, 2.24) is 0 Å². The van der Waals surface area contributed by atoms with Crippen molar-refractivity contribution < 1.29 is 28.6 Å². The van der Waals surface area contributed by atoms with Gasteiger partial charge in [0.05, 0.1) is 0 Å². The Bertz CT molecular complexity index is 1140. The van der Waals surface area contributed by atoms with Crippen LogP contribution in [0.5, 0.6) is 0 Å². The van der Waals surface area contributed by atoms with Crippen molar-refractivity contribution in [1.29, 1.82) is 0 Å². The predicted molar refractivity (Wildman–Crippen MR) is 150 cm³/mol. The highest BCUT2D eigenvalue weighted by molar-refractivity contribution is 5.69. The number of hydrogen-bond acceptors (Lipinski definition) is 6. The van der Waals surface area contributed by atoms with Crippen LogP contribution in [0.4, 0.5) is 0 Å². The van der Waals surface area contributed by atoms with Crippen molar-refractivity contribution in [2.75, 3.05) is 0 Å². The van der Waals surface area contributed by atoms with Gasteiger partial charge in [-0.3, -0.25) is 14.4 Å². The first-order valence-electron chi connectivity index (χ1n) is 14.5. The monoisotopic (exact) mass is 538 g/mol. The third-order valence-electron chi connectivity index (χ3n) is 9.92. The van der Waals surface area contributed by atoms with E-state index in [9.17, 15) is 14.4 Å². The highest BCUT2D eigenvalue weighted by Crippen LogP contribution is 2.65. The lowest BCUT2D eigenvalue weighted by Crippen LogP contribution is -2.52. The number of allylic oxidation sites excluding steroid dienone is 6. The fourth-order valence-electron chi connectivity index (χ4n) is 8.42. The molecule has 0 heterocycles. The van der Waals surface area contributed by atoms with E-state index in [4.69, 9.17) is 14.2 Å². The summed E-state index contributed by atoms with van der Waals surface area (Å²) in [7, 11) is 0. The summed E-state index contributed by atoms with van der Waals surface area (Å²) in [6.45, 7) is 15.4. The van der Waals surface area contributed by atoms with E-state index in [1.54, 1.807) is 0 Å². The highest BCUT2D eigenvalue weighted by atomic mass is 16.6. The molecule has 6 heteroatoms. The van der Waals surface area contributed by atoms with Gasteiger partial charge >= 0.3 is 17.9 Å². The third-order valence-corrected chi connectivity index (χ3v) is 9.92. The number of carbonyl (C=O) groups is 3. The lowest BCUT2D eigenvalue weighted by molar-refractivity contribution is -0.156. The number of ether oxygens (including phenoxy) is 3. The maximum Gasteiger partial charge on any atom is 0.308 e. The SMILES string of the molecule is CC(=O)OC1=CC2=CC=C3[C@H]([C@H](OC(C)=O)C[C@]4(C)[C@@H]([C@H](C)CCCC(C)(C)OC(C)=O)CC[C@@H]34)[C@@]2(C)C=C1. The van der Waals surface area contributed by atoms with Crippen LogP contribution in [0.25, 0.3) is 0 Å². The summed E-state index contributed by atoms with van der Waals surface area (Å²) in [5, 5.41) is 0. The van der Waals surface area contributed by atoms with Gasteiger partial charge in [-0.15, -0.1) is 0 Å². The fourth-order valence-corrected chi connectivity index (χ4v) is 8.42. The van der Waals surface area contributed by atoms with E-state index in [1.807, 2.05) is 26.0 Å². The van der Waals surface area contributed by atoms with Gasteiger partial charge in [0, 0.05) is 32.1 Å². The van der Waals surface area contributed by atoms with Crippen LogP contribution in [0.3, 0.4) is 0 Å².